The summed E-state index contributed by atoms with van der Waals surface area (Å²) in [6.45, 7) is 2.31. The number of carbonyl (C=O) groups is 3. The Morgan fingerprint density at radius 3 is 2.38 bits per heavy atom. The van der Waals surface area contributed by atoms with Gasteiger partial charge in [-0.15, -0.1) is 13.2 Å². The molecule has 2 aliphatic rings. The Morgan fingerprint density at radius 1 is 1.14 bits per heavy atom. The van der Waals surface area contributed by atoms with Crippen molar-refractivity contribution in [2.75, 3.05) is 32.9 Å². The summed E-state index contributed by atoms with van der Waals surface area (Å²) in [5.74, 6) is -0.838. The molecule has 2 aromatic carbocycles. The molecule has 1 aliphatic carbocycles. The molecule has 0 N–H and O–H groups in total. The second kappa shape index (κ2) is 10.9. The zero-order valence-electron chi connectivity index (χ0n) is 20.4. The number of ether oxygens (including phenoxy) is 4. The fourth-order valence-electron chi connectivity index (χ4n) is 3.84. The molecule has 2 amide bonds. The van der Waals surface area contributed by atoms with Crippen LogP contribution in [-0.4, -0.2) is 69.2 Å². The van der Waals surface area contributed by atoms with Crippen molar-refractivity contribution >= 4 is 29.9 Å². The lowest BCUT2D eigenvalue weighted by molar-refractivity contribution is -0.274. The van der Waals surface area contributed by atoms with E-state index >= 15 is 0 Å². The summed E-state index contributed by atoms with van der Waals surface area (Å²) in [5.41, 5.74) is 2.86. The largest absolute Gasteiger partial charge is 0.573 e. The van der Waals surface area contributed by atoms with Crippen LogP contribution in [0.5, 0.6) is 5.75 Å². The Hall–Kier alpha value is -4.13. The number of hydrogen-bond donors (Lipinski definition) is 0. The predicted molar refractivity (Wildman–Crippen MR) is 124 cm³/mol. The monoisotopic (exact) mass is 523 g/mol. The number of aryl methyl sites for hydroxylation is 1. The van der Waals surface area contributed by atoms with E-state index in [0.29, 0.717) is 17.0 Å². The van der Waals surface area contributed by atoms with E-state index in [-0.39, 0.29) is 24.8 Å². The first-order valence-corrected chi connectivity index (χ1v) is 10.7. The second-order valence-electron chi connectivity index (χ2n) is 8.02. The summed E-state index contributed by atoms with van der Waals surface area (Å²) in [6, 6.07) is 10.3. The van der Waals surface area contributed by atoms with Crippen LogP contribution in [-0.2, 0) is 30.2 Å². The standard InChI is InChI=1S/C14H16N2O3.C10H8F3NO4/c1-9-4-5-11-10(6-9)7-14(13(17)18-3)12(11)15-16(2)8-19-14;1-17-9(16)14(6-15)7-2-4-8(5-3-7)18-10(11,12)13/h4-6H,7-8H2,1-3H3;2-6H,1H3/t14-;/m0./s1. The number of hydrogen-bond acceptors (Lipinski definition) is 9. The number of imide groups is 1. The summed E-state index contributed by atoms with van der Waals surface area (Å²) in [5, 5.41) is 6.17. The van der Waals surface area contributed by atoms with Crippen LogP contribution in [0.1, 0.15) is 16.7 Å². The zero-order chi connectivity index (χ0) is 27.4. The number of esters is 1. The van der Waals surface area contributed by atoms with Gasteiger partial charge in [0.2, 0.25) is 12.0 Å². The van der Waals surface area contributed by atoms with E-state index < -0.39 is 23.8 Å². The van der Waals surface area contributed by atoms with E-state index in [0.717, 1.165) is 48.1 Å². The van der Waals surface area contributed by atoms with Crippen molar-refractivity contribution in [3.63, 3.8) is 0 Å². The minimum atomic E-state index is -4.80. The molecule has 0 fully saturated rings. The quantitative estimate of drug-likeness (QED) is 0.444. The number of rotatable bonds is 4. The van der Waals surface area contributed by atoms with Crippen LogP contribution in [0.15, 0.2) is 47.6 Å². The van der Waals surface area contributed by atoms with Gasteiger partial charge in [0.15, 0.2) is 0 Å². The van der Waals surface area contributed by atoms with Gasteiger partial charge in [-0.3, -0.25) is 9.80 Å². The average molecular weight is 523 g/mol. The minimum Gasteiger partial charge on any atom is -0.467 e. The van der Waals surface area contributed by atoms with Gasteiger partial charge in [0.25, 0.3) is 0 Å². The molecule has 0 aromatic heterocycles. The highest BCUT2D eigenvalue weighted by molar-refractivity contribution is 6.21. The Labute approximate surface area is 210 Å². The van der Waals surface area contributed by atoms with E-state index in [1.807, 2.05) is 26.1 Å². The summed E-state index contributed by atoms with van der Waals surface area (Å²) in [4.78, 5) is 34.5. The number of halogens is 3. The molecular formula is C24H24F3N3O7. The molecule has 0 saturated carbocycles. The number of methoxy groups -OCH3 is 2. The van der Waals surface area contributed by atoms with Gasteiger partial charge in [-0.1, -0.05) is 23.8 Å². The van der Waals surface area contributed by atoms with Gasteiger partial charge in [0.1, 0.15) is 18.2 Å². The van der Waals surface area contributed by atoms with Crippen molar-refractivity contribution in [2.45, 2.75) is 25.3 Å². The molecule has 37 heavy (non-hydrogen) atoms. The summed E-state index contributed by atoms with van der Waals surface area (Å²) >= 11 is 0. The Balaban J connectivity index is 0.000000206. The molecule has 2 aromatic rings. The number of benzene rings is 2. The molecule has 0 bridgehead atoms. The first kappa shape index (κ1) is 27.5. The lowest BCUT2D eigenvalue weighted by Crippen LogP contribution is -2.53. The van der Waals surface area contributed by atoms with E-state index in [1.54, 1.807) is 5.01 Å². The number of fused-ring (bicyclic) bond motifs is 3. The molecular weight excluding hydrogens is 499 g/mol. The second-order valence-corrected chi connectivity index (χ2v) is 8.02. The van der Waals surface area contributed by atoms with Crippen LogP contribution in [0.4, 0.5) is 23.7 Å². The molecule has 0 spiro atoms. The number of amides is 2. The van der Waals surface area contributed by atoms with Gasteiger partial charge in [-0.05, 0) is 36.8 Å². The SMILES string of the molecule is COC(=O)N(C=O)c1ccc(OC(F)(F)F)cc1.COC(=O)[C@]12Cc3cc(C)ccc3C1=NN(C)CO2. The van der Waals surface area contributed by atoms with Crippen LogP contribution in [0.2, 0.25) is 0 Å². The number of carbonyl (C=O) groups excluding carboxylic acids is 3. The highest BCUT2D eigenvalue weighted by Crippen LogP contribution is 2.37. The van der Waals surface area contributed by atoms with Crippen molar-refractivity contribution in [3.8, 4) is 5.75 Å². The minimum absolute atomic E-state index is 0.0615. The van der Waals surface area contributed by atoms with Crippen molar-refractivity contribution in [1.82, 2.24) is 5.01 Å². The molecule has 0 saturated heterocycles. The first-order chi connectivity index (χ1) is 17.4. The maximum absolute atomic E-state index is 12.2. The van der Waals surface area contributed by atoms with Crippen molar-refractivity contribution < 1.29 is 46.5 Å². The fraction of sp³-hybridized carbons (Fsp3) is 0.333. The zero-order valence-corrected chi connectivity index (χ0v) is 20.4. The van der Waals surface area contributed by atoms with Crippen LogP contribution >= 0.6 is 0 Å². The molecule has 10 nitrogen and oxygen atoms in total. The predicted octanol–water partition coefficient (Wildman–Crippen LogP) is 3.40. The van der Waals surface area contributed by atoms with Gasteiger partial charge in [-0.2, -0.15) is 5.10 Å². The molecule has 0 unspecified atom stereocenters. The maximum atomic E-state index is 12.2. The van der Waals surface area contributed by atoms with E-state index in [1.165, 1.54) is 7.11 Å². The van der Waals surface area contributed by atoms with Gasteiger partial charge >= 0.3 is 18.4 Å². The molecule has 13 heteroatoms. The van der Waals surface area contributed by atoms with Gasteiger partial charge in [0, 0.05) is 19.0 Å². The van der Waals surface area contributed by atoms with Crippen molar-refractivity contribution in [1.29, 1.82) is 0 Å². The molecule has 198 valence electrons. The van der Waals surface area contributed by atoms with Gasteiger partial charge in [0.05, 0.1) is 19.9 Å². The molecule has 1 heterocycles. The van der Waals surface area contributed by atoms with E-state index in [4.69, 9.17) is 9.47 Å². The van der Waals surface area contributed by atoms with Crippen molar-refractivity contribution in [3.05, 3.63) is 59.2 Å². The lowest BCUT2D eigenvalue weighted by atomic mass is 9.98. The smallest absolute Gasteiger partial charge is 0.467 e. The van der Waals surface area contributed by atoms with Crippen LogP contribution in [0, 0.1) is 6.92 Å². The molecule has 1 atom stereocenters. The topological polar surface area (TPSA) is 107 Å². The van der Waals surface area contributed by atoms with E-state index in [9.17, 15) is 27.6 Å². The summed E-state index contributed by atoms with van der Waals surface area (Å²) in [7, 11) is 4.27. The third-order valence-electron chi connectivity index (χ3n) is 5.45. The molecule has 0 radical (unpaired) electrons. The summed E-state index contributed by atoms with van der Waals surface area (Å²) in [6.07, 6.45) is -5.07. The van der Waals surface area contributed by atoms with Gasteiger partial charge < -0.3 is 18.9 Å². The Morgan fingerprint density at radius 2 is 1.81 bits per heavy atom. The Kier molecular flexibility index (Phi) is 8.06. The van der Waals surface area contributed by atoms with Gasteiger partial charge in [-0.25, -0.2) is 14.5 Å². The molecule has 1 aliphatic heterocycles. The number of nitrogens with zero attached hydrogens (tertiary/aromatic N) is 3. The average Bonchev–Trinajstić information content (AvgIpc) is 3.18. The van der Waals surface area contributed by atoms with Crippen LogP contribution in [0.25, 0.3) is 0 Å². The van der Waals surface area contributed by atoms with Crippen LogP contribution in [0.3, 0.4) is 0 Å². The third kappa shape index (κ3) is 6.00. The third-order valence-corrected chi connectivity index (χ3v) is 5.45. The first-order valence-electron chi connectivity index (χ1n) is 10.7. The van der Waals surface area contributed by atoms with E-state index in [2.05, 4.69) is 20.6 Å². The van der Waals surface area contributed by atoms with Crippen LogP contribution < -0.4 is 9.64 Å². The maximum Gasteiger partial charge on any atom is 0.573 e. The highest BCUT2D eigenvalue weighted by atomic mass is 19.4. The highest BCUT2D eigenvalue weighted by Gasteiger charge is 2.54. The lowest BCUT2D eigenvalue weighted by Gasteiger charge is -2.33. The Bertz CT molecular complexity index is 1200. The normalized spacial score (nSPS) is 17.8. The number of alkyl halides is 3. The fourth-order valence-corrected chi connectivity index (χ4v) is 3.84. The van der Waals surface area contributed by atoms with Crippen molar-refractivity contribution in [2.24, 2.45) is 5.10 Å². The summed E-state index contributed by atoms with van der Waals surface area (Å²) < 4.78 is 54.3. The number of hydrazone groups is 1. The molecule has 4 rings (SSSR count). The number of anilines is 1.